The van der Waals surface area contributed by atoms with E-state index in [4.69, 9.17) is 0 Å². The van der Waals surface area contributed by atoms with Crippen molar-refractivity contribution in [2.45, 2.75) is 46.5 Å². The van der Waals surface area contributed by atoms with E-state index in [2.05, 4.69) is 37.9 Å². The Kier molecular flexibility index (Phi) is 4.92. The molecule has 0 aromatic carbocycles. The number of rotatable bonds is 4. The summed E-state index contributed by atoms with van der Waals surface area (Å²) in [5.41, 5.74) is 1.30. The molecule has 1 atom stereocenters. The normalized spacial score (nSPS) is 24.9. The lowest BCUT2D eigenvalue weighted by Gasteiger charge is -2.18. The minimum absolute atomic E-state index is 0.813. The van der Waals surface area contributed by atoms with Crippen molar-refractivity contribution in [2.24, 2.45) is 16.8 Å². The Morgan fingerprint density at radius 3 is 2.79 bits per heavy atom. The summed E-state index contributed by atoms with van der Waals surface area (Å²) in [4.78, 5) is 4.44. The van der Waals surface area contributed by atoms with Gasteiger partial charge in [-0.05, 0) is 44.1 Å². The summed E-state index contributed by atoms with van der Waals surface area (Å²) in [6.07, 6.45) is 9.80. The van der Waals surface area contributed by atoms with Gasteiger partial charge in [0, 0.05) is 12.3 Å². The fraction of sp³-hybridized carbons (Fsp3) is 0.769. The summed E-state index contributed by atoms with van der Waals surface area (Å²) in [5.74, 6) is 1.65. The summed E-state index contributed by atoms with van der Waals surface area (Å²) in [6, 6.07) is 0. The summed E-state index contributed by atoms with van der Waals surface area (Å²) in [5, 5.41) is 0. The Labute approximate surface area is 88.3 Å². The molecule has 80 valence electrons. The standard InChI is InChI=1S/C13H23N/c1-4-14-13-9-7-12(8-10-13)6-5-11(2)3/h7,9,11-12H,4-6,8,10H2,1-3H3. The highest BCUT2D eigenvalue weighted by molar-refractivity contribution is 5.95. The lowest BCUT2D eigenvalue weighted by Crippen LogP contribution is -2.09. The maximum Gasteiger partial charge on any atom is 0.0364 e. The maximum atomic E-state index is 4.44. The minimum Gasteiger partial charge on any atom is -0.290 e. The third-order valence-electron chi connectivity index (χ3n) is 2.81. The SMILES string of the molecule is CCN=C1C=CC(CCC(C)C)CC1. The first kappa shape index (κ1) is 11.5. The predicted octanol–water partition coefficient (Wildman–Crippen LogP) is 3.85. The van der Waals surface area contributed by atoms with Gasteiger partial charge in [-0.15, -0.1) is 0 Å². The van der Waals surface area contributed by atoms with E-state index in [0.717, 1.165) is 18.4 Å². The molecule has 0 bridgehead atoms. The maximum absolute atomic E-state index is 4.44. The Balaban J connectivity index is 2.32. The van der Waals surface area contributed by atoms with Gasteiger partial charge in [0.05, 0.1) is 0 Å². The summed E-state index contributed by atoms with van der Waals surface area (Å²) >= 11 is 0. The summed E-state index contributed by atoms with van der Waals surface area (Å²) < 4.78 is 0. The molecule has 0 aromatic heterocycles. The first-order chi connectivity index (χ1) is 6.72. The van der Waals surface area contributed by atoms with E-state index in [0.29, 0.717) is 0 Å². The van der Waals surface area contributed by atoms with Crippen molar-refractivity contribution in [2.75, 3.05) is 6.54 Å². The Bertz CT molecular complexity index is 213. The molecule has 0 amide bonds. The van der Waals surface area contributed by atoms with Crippen LogP contribution in [0.4, 0.5) is 0 Å². The fourth-order valence-corrected chi connectivity index (χ4v) is 1.88. The number of hydrogen-bond donors (Lipinski definition) is 0. The van der Waals surface area contributed by atoms with Crippen LogP contribution >= 0.6 is 0 Å². The van der Waals surface area contributed by atoms with Gasteiger partial charge in [-0.1, -0.05) is 26.3 Å². The molecule has 0 fully saturated rings. The third kappa shape index (κ3) is 4.08. The molecule has 0 saturated heterocycles. The van der Waals surface area contributed by atoms with Crippen molar-refractivity contribution in [1.82, 2.24) is 0 Å². The Morgan fingerprint density at radius 1 is 1.50 bits per heavy atom. The van der Waals surface area contributed by atoms with Gasteiger partial charge >= 0.3 is 0 Å². The van der Waals surface area contributed by atoms with Crippen molar-refractivity contribution >= 4 is 5.71 Å². The van der Waals surface area contributed by atoms with Crippen LogP contribution < -0.4 is 0 Å². The highest BCUT2D eigenvalue weighted by Gasteiger charge is 2.11. The molecule has 0 aromatic rings. The van der Waals surface area contributed by atoms with Gasteiger partial charge in [-0.2, -0.15) is 0 Å². The van der Waals surface area contributed by atoms with Crippen molar-refractivity contribution in [1.29, 1.82) is 0 Å². The zero-order chi connectivity index (χ0) is 10.4. The number of hydrogen-bond acceptors (Lipinski definition) is 1. The number of aliphatic imine (C=N–C) groups is 1. The van der Waals surface area contributed by atoms with Crippen LogP contribution in [0.25, 0.3) is 0 Å². The minimum atomic E-state index is 0.813. The molecule has 0 heterocycles. The highest BCUT2D eigenvalue weighted by atomic mass is 14.7. The molecule has 0 spiro atoms. The molecule has 1 aliphatic rings. The smallest absolute Gasteiger partial charge is 0.0364 e. The van der Waals surface area contributed by atoms with Crippen LogP contribution in [0.3, 0.4) is 0 Å². The lowest BCUT2D eigenvalue weighted by molar-refractivity contribution is 0.463. The molecule has 0 N–H and O–H groups in total. The van der Waals surface area contributed by atoms with E-state index in [9.17, 15) is 0 Å². The second-order valence-corrected chi connectivity index (χ2v) is 4.59. The molecular weight excluding hydrogens is 170 g/mol. The molecule has 0 aliphatic heterocycles. The van der Waals surface area contributed by atoms with Crippen LogP contribution in [-0.4, -0.2) is 12.3 Å². The van der Waals surface area contributed by atoms with E-state index in [1.165, 1.54) is 31.4 Å². The molecule has 14 heavy (non-hydrogen) atoms. The van der Waals surface area contributed by atoms with Gasteiger partial charge in [0.1, 0.15) is 0 Å². The number of allylic oxidation sites excluding steroid dienone is 2. The lowest BCUT2D eigenvalue weighted by atomic mass is 9.89. The van der Waals surface area contributed by atoms with Crippen LogP contribution in [0, 0.1) is 11.8 Å². The van der Waals surface area contributed by atoms with Gasteiger partial charge in [0.2, 0.25) is 0 Å². The van der Waals surface area contributed by atoms with Crippen LogP contribution in [0.2, 0.25) is 0 Å². The molecule has 1 heteroatoms. The fourth-order valence-electron chi connectivity index (χ4n) is 1.88. The largest absolute Gasteiger partial charge is 0.290 e. The molecule has 1 unspecified atom stereocenters. The van der Waals surface area contributed by atoms with Crippen LogP contribution in [-0.2, 0) is 0 Å². The van der Waals surface area contributed by atoms with E-state index < -0.39 is 0 Å². The van der Waals surface area contributed by atoms with E-state index >= 15 is 0 Å². The van der Waals surface area contributed by atoms with Crippen molar-refractivity contribution in [3.05, 3.63) is 12.2 Å². The molecule has 0 saturated carbocycles. The average molecular weight is 193 g/mol. The summed E-state index contributed by atoms with van der Waals surface area (Å²) in [6.45, 7) is 7.63. The zero-order valence-electron chi connectivity index (χ0n) is 9.79. The molecule has 0 radical (unpaired) electrons. The van der Waals surface area contributed by atoms with Crippen molar-refractivity contribution in [3.63, 3.8) is 0 Å². The predicted molar refractivity (Wildman–Crippen MR) is 63.9 cm³/mol. The second-order valence-electron chi connectivity index (χ2n) is 4.59. The van der Waals surface area contributed by atoms with Gasteiger partial charge in [0.15, 0.2) is 0 Å². The Hall–Kier alpha value is -0.590. The molecule has 1 nitrogen and oxygen atoms in total. The van der Waals surface area contributed by atoms with Crippen LogP contribution in [0.1, 0.15) is 46.5 Å². The van der Waals surface area contributed by atoms with E-state index in [-0.39, 0.29) is 0 Å². The van der Waals surface area contributed by atoms with Crippen molar-refractivity contribution in [3.8, 4) is 0 Å². The van der Waals surface area contributed by atoms with Crippen molar-refractivity contribution < 1.29 is 0 Å². The zero-order valence-corrected chi connectivity index (χ0v) is 9.79. The first-order valence-corrected chi connectivity index (χ1v) is 5.94. The highest BCUT2D eigenvalue weighted by Crippen LogP contribution is 2.22. The van der Waals surface area contributed by atoms with Crippen LogP contribution in [0.15, 0.2) is 17.1 Å². The van der Waals surface area contributed by atoms with Crippen LogP contribution in [0.5, 0.6) is 0 Å². The van der Waals surface area contributed by atoms with Gasteiger partial charge in [-0.25, -0.2) is 0 Å². The van der Waals surface area contributed by atoms with Gasteiger partial charge in [-0.3, -0.25) is 4.99 Å². The van der Waals surface area contributed by atoms with Gasteiger partial charge < -0.3 is 0 Å². The van der Waals surface area contributed by atoms with E-state index in [1.807, 2.05) is 0 Å². The quantitative estimate of drug-likeness (QED) is 0.643. The number of nitrogens with zero attached hydrogens (tertiary/aromatic N) is 1. The average Bonchev–Trinajstić information content (AvgIpc) is 2.17. The second kappa shape index (κ2) is 6.00. The van der Waals surface area contributed by atoms with E-state index in [1.54, 1.807) is 0 Å². The molecular formula is C13H23N. The Morgan fingerprint density at radius 2 is 2.29 bits per heavy atom. The monoisotopic (exact) mass is 193 g/mol. The third-order valence-corrected chi connectivity index (χ3v) is 2.81. The summed E-state index contributed by atoms with van der Waals surface area (Å²) in [7, 11) is 0. The molecule has 1 rings (SSSR count). The molecule has 1 aliphatic carbocycles. The topological polar surface area (TPSA) is 12.4 Å². The first-order valence-electron chi connectivity index (χ1n) is 5.94. The van der Waals surface area contributed by atoms with Gasteiger partial charge in [0.25, 0.3) is 0 Å².